The van der Waals surface area contributed by atoms with Gasteiger partial charge in [0.2, 0.25) is 0 Å². The number of benzene rings is 1. The lowest BCUT2D eigenvalue weighted by Gasteiger charge is -2.00. The van der Waals surface area contributed by atoms with Crippen LogP contribution in [0.1, 0.15) is 5.56 Å². The number of carbonyl (C=O) groups excluding carboxylic acids is 1. The highest BCUT2D eigenvalue weighted by Gasteiger charge is 2.16. The standard InChI is InChI=1S/C9H4F4O/c10-6-4-5(2-1-3-14)7(11)9(13)8(6)12/h1-4H/b2-1+. The third-order valence-corrected chi connectivity index (χ3v) is 1.49. The van der Waals surface area contributed by atoms with Crippen LogP contribution in [-0.4, -0.2) is 6.29 Å². The zero-order chi connectivity index (χ0) is 10.7. The average Bonchev–Trinajstić information content (AvgIpc) is 2.18. The van der Waals surface area contributed by atoms with Crippen molar-refractivity contribution in [3.05, 3.63) is 41.0 Å². The molecule has 1 rings (SSSR count). The molecule has 74 valence electrons. The predicted octanol–water partition coefficient (Wildman–Crippen LogP) is 2.46. The lowest BCUT2D eigenvalue weighted by atomic mass is 10.2. The quantitative estimate of drug-likeness (QED) is 0.238. The second-order valence-corrected chi connectivity index (χ2v) is 2.38. The number of rotatable bonds is 2. The summed E-state index contributed by atoms with van der Waals surface area (Å²) in [6.07, 6.45) is 1.99. The summed E-state index contributed by atoms with van der Waals surface area (Å²) in [5, 5.41) is 0. The summed E-state index contributed by atoms with van der Waals surface area (Å²) in [6.45, 7) is 0. The van der Waals surface area contributed by atoms with Crippen LogP contribution in [0.15, 0.2) is 12.1 Å². The van der Waals surface area contributed by atoms with Crippen molar-refractivity contribution in [3.63, 3.8) is 0 Å². The van der Waals surface area contributed by atoms with Gasteiger partial charge < -0.3 is 0 Å². The molecule has 0 aliphatic carbocycles. The Morgan fingerprint density at radius 3 is 2.21 bits per heavy atom. The van der Waals surface area contributed by atoms with Gasteiger partial charge in [0.15, 0.2) is 23.3 Å². The monoisotopic (exact) mass is 204 g/mol. The highest BCUT2D eigenvalue weighted by molar-refractivity contribution is 5.73. The second-order valence-electron chi connectivity index (χ2n) is 2.38. The van der Waals surface area contributed by atoms with Crippen molar-refractivity contribution in [1.29, 1.82) is 0 Å². The van der Waals surface area contributed by atoms with E-state index in [-0.39, 0.29) is 0 Å². The summed E-state index contributed by atoms with van der Waals surface area (Å²) in [5.74, 6) is -6.79. The van der Waals surface area contributed by atoms with E-state index in [2.05, 4.69) is 0 Å². The second kappa shape index (κ2) is 4.04. The van der Waals surface area contributed by atoms with Crippen molar-refractivity contribution < 1.29 is 22.4 Å². The minimum absolute atomic E-state index is 0.304. The fourth-order valence-corrected chi connectivity index (χ4v) is 0.855. The van der Waals surface area contributed by atoms with Crippen molar-refractivity contribution in [2.45, 2.75) is 0 Å². The Labute approximate surface area is 76.7 Å². The van der Waals surface area contributed by atoms with Crippen LogP contribution in [0.4, 0.5) is 17.6 Å². The molecule has 1 nitrogen and oxygen atoms in total. The van der Waals surface area contributed by atoms with E-state index >= 15 is 0 Å². The Balaban J connectivity index is 3.32. The molecule has 0 radical (unpaired) electrons. The minimum atomic E-state index is -1.89. The summed E-state index contributed by atoms with van der Waals surface area (Å²) in [4.78, 5) is 9.86. The predicted molar refractivity (Wildman–Crippen MR) is 41.4 cm³/mol. The molecule has 0 bridgehead atoms. The Bertz CT molecular complexity index is 398. The van der Waals surface area contributed by atoms with Gasteiger partial charge in [0.05, 0.1) is 0 Å². The van der Waals surface area contributed by atoms with E-state index in [1.807, 2.05) is 0 Å². The van der Waals surface area contributed by atoms with E-state index in [9.17, 15) is 22.4 Å². The average molecular weight is 204 g/mol. The smallest absolute Gasteiger partial charge is 0.198 e. The molecule has 0 unspecified atom stereocenters. The number of halogens is 4. The Morgan fingerprint density at radius 1 is 1.00 bits per heavy atom. The van der Waals surface area contributed by atoms with Crippen molar-refractivity contribution in [2.24, 2.45) is 0 Å². The van der Waals surface area contributed by atoms with Gasteiger partial charge in [-0.2, -0.15) is 0 Å². The summed E-state index contributed by atoms with van der Waals surface area (Å²) in [7, 11) is 0. The van der Waals surface area contributed by atoms with Gasteiger partial charge in [0.25, 0.3) is 0 Å². The van der Waals surface area contributed by atoms with E-state index in [0.717, 1.165) is 12.2 Å². The number of carbonyl (C=O) groups is 1. The molecule has 14 heavy (non-hydrogen) atoms. The molecule has 0 atom stereocenters. The van der Waals surface area contributed by atoms with Crippen LogP contribution >= 0.6 is 0 Å². The van der Waals surface area contributed by atoms with Crippen LogP contribution in [0.25, 0.3) is 6.08 Å². The fourth-order valence-electron chi connectivity index (χ4n) is 0.855. The van der Waals surface area contributed by atoms with Gasteiger partial charge in [-0.1, -0.05) is 0 Å². The summed E-state index contributed by atoms with van der Waals surface area (Å²) in [5.41, 5.74) is -0.520. The summed E-state index contributed by atoms with van der Waals surface area (Å²) >= 11 is 0. The van der Waals surface area contributed by atoms with Crippen LogP contribution in [-0.2, 0) is 4.79 Å². The molecule has 0 N–H and O–H groups in total. The van der Waals surface area contributed by atoms with Crippen molar-refractivity contribution in [3.8, 4) is 0 Å². The van der Waals surface area contributed by atoms with Gasteiger partial charge in [-0.05, 0) is 18.2 Å². The molecule has 0 aromatic heterocycles. The molecule has 5 heteroatoms. The van der Waals surface area contributed by atoms with Crippen molar-refractivity contribution in [1.82, 2.24) is 0 Å². The number of hydrogen-bond donors (Lipinski definition) is 0. The minimum Gasteiger partial charge on any atom is -0.299 e. The third-order valence-electron chi connectivity index (χ3n) is 1.49. The molecule has 0 heterocycles. The maximum absolute atomic E-state index is 12.8. The van der Waals surface area contributed by atoms with E-state index in [1.165, 1.54) is 0 Å². The molecular weight excluding hydrogens is 200 g/mol. The van der Waals surface area contributed by atoms with Gasteiger partial charge >= 0.3 is 0 Å². The maximum Gasteiger partial charge on any atom is 0.198 e. The zero-order valence-corrected chi connectivity index (χ0v) is 6.73. The van der Waals surface area contributed by atoms with Crippen LogP contribution < -0.4 is 0 Å². The van der Waals surface area contributed by atoms with Crippen molar-refractivity contribution >= 4 is 12.4 Å². The zero-order valence-electron chi connectivity index (χ0n) is 6.73. The van der Waals surface area contributed by atoms with Gasteiger partial charge in [-0.3, -0.25) is 4.79 Å². The van der Waals surface area contributed by atoms with Gasteiger partial charge in [-0.15, -0.1) is 0 Å². The molecule has 1 aromatic rings. The normalized spacial score (nSPS) is 10.9. The number of allylic oxidation sites excluding steroid dienone is 1. The van der Waals surface area contributed by atoms with Crippen molar-refractivity contribution in [2.75, 3.05) is 0 Å². The van der Waals surface area contributed by atoms with Crippen LogP contribution in [0.5, 0.6) is 0 Å². The van der Waals surface area contributed by atoms with Gasteiger partial charge in [0, 0.05) is 5.56 Å². The first-order valence-corrected chi connectivity index (χ1v) is 3.52. The molecule has 1 aromatic carbocycles. The largest absolute Gasteiger partial charge is 0.299 e. The SMILES string of the molecule is O=C/C=C/c1cc(F)c(F)c(F)c1F. The molecule has 0 spiro atoms. The molecule has 0 aliphatic heterocycles. The van der Waals surface area contributed by atoms with Crippen LogP contribution in [0.3, 0.4) is 0 Å². The van der Waals surface area contributed by atoms with Crippen LogP contribution in [0.2, 0.25) is 0 Å². The summed E-state index contributed by atoms with van der Waals surface area (Å²) in [6, 6.07) is 0.466. The van der Waals surface area contributed by atoms with Gasteiger partial charge in [-0.25, -0.2) is 17.6 Å². The van der Waals surface area contributed by atoms with Gasteiger partial charge in [0.1, 0.15) is 6.29 Å². The fraction of sp³-hybridized carbons (Fsp3) is 0. The lowest BCUT2D eigenvalue weighted by Crippen LogP contribution is -1.98. The lowest BCUT2D eigenvalue weighted by molar-refractivity contribution is -0.104. The number of hydrogen-bond acceptors (Lipinski definition) is 1. The number of aldehydes is 1. The molecule has 0 aliphatic rings. The highest BCUT2D eigenvalue weighted by Crippen LogP contribution is 2.19. The van der Waals surface area contributed by atoms with E-state index in [4.69, 9.17) is 0 Å². The first-order valence-electron chi connectivity index (χ1n) is 3.52. The highest BCUT2D eigenvalue weighted by atomic mass is 19.2. The Kier molecular flexibility index (Phi) is 3.01. The molecule has 0 saturated heterocycles. The first-order chi connectivity index (χ1) is 6.57. The van der Waals surface area contributed by atoms with Crippen LogP contribution in [0, 0.1) is 23.3 Å². The Morgan fingerprint density at radius 2 is 1.64 bits per heavy atom. The van der Waals surface area contributed by atoms with E-state index < -0.39 is 28.8 Å². The maximum atomic E-state index is 12.8. The molecule has 0 amide bonds. The van der Waals surface area contributed by atoms with E-state index in [1.54, 1.807) is 0 Å². The topological polar surface area (TPSA) is 17.1 Å². The van der Waals surface area contributed by atoms with E-state index in [0.29, 0.717) is 12.4 Å². The third kappa shape index (κ3) is 1.81. The summed E-state index contributed by atoms with van der Waals surface area (Å²) < 4.78 is 50.3. The first kappa shape index (κ1) is 10.4. The Hall–Kier alpha value is -1.65. The molecular formula is C9H4F4O. The molecule has 0 saturated carbocycles. The molecule has 0 fully saturated rings.